The second-order valence-corrected chi connectivity index (χ2v) is 6.06. The van der Waals surface area contributed by atoms with E-state index in [0.29, 0.717) is 16.6 Å². The first-order valence-corrected chi connectivity index (χ1v) is 7.34. The molecule has 2 aromatic carbocycles. The Balaban J connectivity index is 2.14. The summed E-state index contributed by atoms with van der Waals surface area (Å²) < 4.78 is 1.23. The Morgan fingerprint density at radius 3 is 2.67 bits per heavy atom. The number of halogens is 3. The minimum atomic E-state index is 0.593. The molecule has 4 heteroatoms. The van der Waals surface area contributed by atoms with E-state index in [2.05, 4.69) is 53.0 Å². The van der Waals surface area contributed by atoms with E-state index in [9.17, 15) is 0 Å². The summed E-state index contributed by atoms with van der Waals surface area (Å²) in [5.41, 5.74) is 3.34. The molecule has 0 radical (unpaired) electrons. The molecule has 0 bridgehead atoms. The molecule has 0 aromatic heterocycles. The molecule has 2 rings (SSSR count). The Morgan fingerprint density at radius 2 is 1.94 bits per heavy atom. The molecule has 0 saturated carbocycles. The summed E-state index contributed by atoms with van der Waals surface area (Å²) in [7, 11) is 0. The molecule has 0 atom stereocenters. The molecule has 18 heavy (non-hydrogen) atoms. The molecule has 0 spiro atoms. The van der Waals surface area contributed by atoms with Crippen molar-refractivity contribution in [1.29, 1.82) is 0 Å². The fourth-order valence-electron chi connectivity index (χ4n) is 1.70. The SMILES string of the molecule is Cc1cc(I)ccc1NCc1cccc(Cl)c1Cl. The Bertz CT molecular complexity index is 570. The Morgan fingerprint density at radius 1 is 1.17 bits per heavy atom. The molecular weight excluding hydrogens is 380 g/mol. The molecule has 0 unspecified atom stereocenters. The van der Waals surface area contributed by atoms with Crippen LogP contribution in [0.1, 0.15) is 11.1 Å². The molecular formula is C14H12Cl2IN. The molecule has 0 aliphatic heterocycles. The maximum absolute atomic E-state index is 6.15. The van der Waals surface area contributed by atoms with Crippen molar-refractivity contribution >= 4 is 51.5 Å². The van der Waals surface area contributed by atoms with Crippen molar-refractivity contribution in [2.45, 2.75) is 13.5 Å². The van der Waals surface area contributed by atoms with Gasteiger partial charge in [-0.25, -0.2) is 0 Å². The average Bonchev–Trinajstić information content (AvgIpc) is 2.33. The molecule has 0 fully saturated rings. The number of hydrogen-bond acceptors (Lipinski definition) is 1. The molecule has 0 heterocycles. The lowest BCUT2D eigenvalue weighted by Crippen LogP contribution is -2.01. The van der Waals surface area contributed by atoms with Crippen molar-refractivity contribution in [3.05, 3.63) is 61.1 Å². The van der Waals surface area contributed by atoms with Gasteiger partial charge in [-0.2, -0.15) is 0 Å². The first-order valence-electron chi connectivity index (χ1n) is 5.51. The van der Waals surface area contributed by atoms with Crippen molar-refractivity contribution in [2.75, 3.05) is 5.32 Å². The molecule has 0 saturated heterocycles. The van der Waals surface area contributed by atoms with Crippen LogP contribution in [0.4, 0.5) is 5.69 Å². The van der Waals surface area contributed by atoms with Crippen molar-refractivity contribution in [1.82, 2.24) is 0 Å². The van der Waals surface area contributed by atoms with E-state index >= 15 is 0 Å². The third-order valence-corrected chi connectivity index (χ3v) is 4.22. The van der Waals surface area contributed by atoms with Gasteiger partial charge in [0, 0.05) is 15.8 Å². The van der Waals surface area contributed by atoms with Gasteiger partial charge in [-0.15, -0.1) is 0 Å². The van der Waals surface area contributed by atoms with Crippen LogP contribution in [-0.2, 0) is 6.54 Å². The average molecular weight is 392 g/mol. The Kier molecular flexibility index (Phi) is 4.76. The summed E-state index contributed by atoms with van der Waals surface area (Å²) in [5, 5.41) is 4.59. The molecule has 1 nitrogen and oxygen atoms in total. The van der Waals surface area contributed by atoms with Gasteiger partial charge in [0.1, 0.15) is 0 Å². The molecule has 0 aliphatic carbocycles. The van der Waals surface area contributed by atoms with E-state index < -0.39 is 0 Å². The summed E-state index contributed by atoms with van der Waals surface area (Å²) in [5.74, 6) is 0. The monoisotopic (exact) mass is 391 g/mol. The van der Waals surface area contributed by atoms with Gasteiger partial charge in [0.2, 0.25) is 0 Å². The standard InChI is InChI=1S/C14H12Cl2IN/c1-9-7-11(17)5-6-13(9)18-8-10-3-2-4-12(15)14(10)16/h2-7,18H,8H2,1H3. The summed E-state index contributed by atoms with van der Waals surface area (Å²) in [6.45, 7) is 2.75. The fourth-order valence-corrected chi connectivity index (χ4v) is 2.73. The van der Waals surface area contributed by atoms with Gasteiger partial charge >= 0.3 is 0 Å². The Labute approximate surface area is 131 Å². The summed E-state index contributed by atoms with van der Waals surface area (Å²) in [6.07, 6.45) is 0. The summed E-state index contributed by atoms with van der Waals surface area (Å²) in [6, 6.07) is 12.0. The predicted molar refractivity (Wildman–Crippen MR) is 87.7 cm³/mol. The smallest absolute Gasteiger partial charge is 0.0642 e. The maximum Gasteiger partial charge on any atom is 0.0642 e. The highest BCUT2D eigenvalue weighted by atomic mass is 127. The highest BCUT2D eigenvalue weighted by molar-refractivity contribution is 14.1. The van der Waals surface area contributed by atoms with E-state index in [0.717, 1.165) is 11.3 Å². The summed E-state index contributed by atoms with van der Waals surface area (Å²) >= 11 is 14.4. The van der Waals surface area contributed by atoms with Gasteiger partial charge in [-0.05, 0) is 64.9 Å². The van der Waals surface area contributed by atoms with Crippen molar-refractivity contribution < 1.29 is 0 Å². The van der Waals surface area contributed by atoms with E-state index in [-0.39, 0.29) is 0 Å². The van der Waals surface area contributed by atoms with Crippen LogP contribution in [0.5, 0.6) is 0 Å². The zero-order valence-corrected chi connectivity index (χ0v) is 13.5. The lowest BCUT2D eigenvalue weighted by atomic mass is 10.2. The molecule has 1 N–H and O–H groups in total. The highest BCUT2D eigenvalue weighted by Crippen LogP contribution is 2.26. The van der Waals surface area contributed by atoms with Crippen molar-refractivity contribution in [3.63, 3.8) is 0 Å². The number of aryl methyl sites for hydroxylation is 1. The summed E-state index contributed by atoms with van der Waals surface area (Å²) in [4.78, 5) is 0. The predicted octanol–water partition coefficient (Wildman–Crippen LogP) is 5.52. The fraction of sp³-hybridized carbons (Fsp3) is 0.143. The first kappa shape index (κ1) is 14.0. The quantitative estimate of drug-likeness (QED) is 0.679. The van der Waals surface area contributed by atoms with Crippen molar-refractivity contribution in [2.24, 2.45) is 0 Å². The van der Waals surface area contributed by atoms with Gasteiger partial charge < -0.3 is 5.32 Å². The van der Waals surface area contributed by atoms with E-state index in [1.165, 1.54) is 9.13 Å². The lowest BCUT2D eigenvalue weighted by molar-refractivity contribution is 1.14. The number of nitrogens with one attached hydrogen (secondary N) is 1. The van der Waals surface area contributed by atoms with E-state index in [4.69, 9.17) is 23.2 Å². The minimum Gasteiger partial charge on any atom is -0.381 e. The van der Waals surface area contributed by atoms with E-state index in [1.807, 2.05) is 12.1 Å². The number of rotatable bonds is 3. The van der Waals surface area contributed by atoms with Gasteiger partial charge in [0.15, 0.2) is 0 Å². The molecule has 94 valence electrons. The lowest BCUT2D eigenvalue weighted by Gasteiger charge is -2.11. The minimum absolute atomic E-state index is 0.593. The Hall–Kier alpha value is -0.450. The first-order chi connectivity index (χ1) is 8.58. The second kappa shape index (κ2) is 6.13. The third kappa shape index (κ3) is 3.31. The zero-order valence-electron chi connectivity index (χ0n) is 9.81. The largest absolute Gasteiger partial charge is 0.381 e. The van der Waals surface area contributed by atoms with Crippen LogP contribution in [-0.4, -0.2) is 0 Å². The highest BCUT2D eigenvalue weighted by Gasteiger charge is 2.05. The second-order valence-electron chi connectivity index (χ2n) is 4.03. The van der Waals surface area contributed by atoms with Crippen LogP contribution in [0.15, 0.2) is 36.4 Å². The van der Waals surface area contributed by atoms with Gasteiger partial charge in [0.05, 0.1) is 10.0 Å². The van der Waals surface area contributed by atoms with Crippen LogP contribution >= 0.6 is 45.8 Å². The number of benzene rings is 2. The molecule has 0 aliphatic rings. The number of anilines is 1. The molecule has 0 amide bonds. The maximum atomic E-state index is 6.15. The molecule has 2 aromatic rings. The third-order valence-electron chi connectivity index (χ3n) is 2.69. The van der Waals surface area contributed by atoms with Crippen LogP contribution in [0.2, 0.25) is 10.0 Å². The zero-order chi connectivity index (χ0) is 13.1. The van der Waals surface area contributed by atoms with Crippen LogP contribution in [0.3, 0.4) is 0 Å². The van der Waals surface area contributed by atoms with Gasteiger partial charge in [-0.1, -0.05) is 35.3 Å². The van der Waals surface area contributed by atoms with Crippen LogP contribution in [0.25, 0.3) is 0 Å². The normalized spacial score (nSPS) is 10.4. The van der Waals surface area contributed by atoms with Crippen LogP contribution < -0.4 is 5.32 Å². The van der Waals surface area contributed by atoms with Gasteiger partial charge in [-0.3, -0.25) is 0 Å². The van der Waals surface area contributed by atoms with Crippen molar-refractivity contribution in [3.8, 4) is 0 Å². The van der Waals surface area contributed by atoms with Gasteiger partial charge in [0.25, 0.3) is 0 Å². The van der Waals surface area contributed by atoms with Crippen LogP contribution in [0, 0.1) is 10.5 Å². The topological polar surface area (TPSA) is 12.0 Å². The van der Waals surface area contributed by atoms with E-state index in [1.54, 1.807) is 6.07 Å². The number of hydrogen-bond donors (Lipinski definition) is 1.